The first-order valence-corrected chi connectivity index (χ1v) is 12.1. The zero-order valence-electron chi connectivity index (χ0n) is 19.2. The van der Waals surface area contributed by atoms with Crippen LogP contribution in [0, 0.1) is 11.8 Å². The van der Waals surface area contributed by atoms with Crippen molar-refractivity contribution in [2.45, 2.75) is 37.5 Å². The third-order valence-electron chi connectivity index (χ3n) is 6.84. The van der Waals surface area contributed by atoms with Crippen molar-refractivity contribution < 1.29 is 29.9 Å². The molecule has 35 heavy (non-hydrogen) atoms. The molecule has 3 heterocycles. The minimum atomic E-state index is -1.01. The number of carbonyl (C=O) groups is 2. The lowest BCUT2D eigenvalue weighted by molar-refractivity contribution is -0.232. The number of hydrogen-bond acceptors (Lipinski definition) is 9. The van der Waals surface area contributed by atoms with Gasteiger partial charge >= 0.3 is 5.97 Å². The van der Waals surface area contributed by atoms with Crippen molar-refractivity contribution in [1.82, 2.24) is 9.31 Å². The largest absolute Gasteiger partial charge is 0.393 e. The Kier molecular flexibility index (Phi) is 6.14. The summed E-state index contributed by atoms with van der Waals surface area (Å²) in [5, 5.41) is 33.8. The van der Waals surface area contributed by atoms with E-state index in [-0.39, 0.29) is 30.7 Å². The molecule has 2 aromatic carbocycles. The summed E-state index contributed by atoms with van der Waals surface area (Å²) in [4.78, 5) is 31.5. The fourth-order valence-corrected chi connectivity index (χ4v) is 6.16. The van der Waals surface area contributed by atoms with Crippen molar-refractivity contribution in [1.29, 1.82) is 0 Å². The molecular formula is C25H25N3O6S. The maximum atomic E-state index is 12.7. The fourth-order valence-electron chi connectivity index (χ4n) is 5.14. The molecule has 9 nitrogen and oxygen atoms in total. The highest BCUT2D eigenvalue weighted by molar-refractivity contribution is 7.97. The van der Waals surface area contributed by atoms with E-state index < -0.39 is 24.0 Å². The number of hydrogen-bond donors (Lipinski definition) is 3. The van der Waals surface area contributed by atoms with Gasteiger partial charge in [-0.2, -0.15) is 10.4 Å². The predicted molar refractivity (Wildman–Crippen MR) is 128 cm³/mol. The number of fused-ring (bicyclic) bond motifs is 2. The van der Waals surface area contributed by atoms with Crippen LogP contribution in [0.4, 0.5) is 0 Å². The number of benzene rings is 2. The maximum absolute atomic E-state index is 12.7. The molecule has 0 aromatic heterocycles. The average Bonchev–Trinajstić information content (AvgIpc) is 3.10. The van der Waals surface area contributed by atoms with Crippen molar-refractivity contribution in [3.63, 3.8) is 0 Å². The van der Waals surface area contributed by atoms with Gasteiger partial charge in [0.25, 0.3) is 0 Å². The normalized spacial score (nSPS) is 24.0. The van der Waals surface area contributed by atoms with Crippen LogP contribution < -0.4 is 0 Å². The molecule has 3 aliphatic heterocycles. The van der Waals surface area contributed by atoms with Crippen LogP contribution in [-0.4, -0.2) is 61.1 Å². The second-order valence-electron chi connectivity index (χ2n) is 8.91. The lowest BCUT2D eigenvalue weighted by Gasteiger charge is -2.46. The molecule has 4 atom stereocenters. The van der Waals surface area contributed by atoms with E-state index in [0.717, 1.165) is 27.3 Å². The van der Waals surface area contributed by atoms with Crippen LogP contribution in [0.2, 0.25) is 0 Å². The van der Waals surface area contributed by atoms with Gasteiger partial charge in [0.05, 0.1) is 36.9 Å². The van der Waals surface area contributed by atoms with Gasteiger partial charge in [-0.25, -0.2) is 9.21 Å². The van der Waals surface area contributed by atoms with Gasteiger partial charge in [-0.1, -0.05) is 49.4 Å². The first-order chi connectivity index (χ1) is 16.8. The van der Waals surface area contributed by atoms with E-state index in [4.69, 9.17) is 10.4 Å². The summed E-state index contributed by atoms with van der Waals surface area (Å²) in [6.07, 6.45) is -0.868. The van der Waals surface area contributed by atoms with Crippen LogP contribution in [0.1, 0.15) is 30.5 Å². The Balaban J connectivity index is 1.55. The van der Waals surface area contributed by atoms with Gasteiger partial charge in [0.2, 0.25) is 5.91 Å². The molecule has 0 aliphatic carbocycles. The van der Waals surface area contributed by atoms with Crippen LogP contribution in [0.3, 0.4) is 0 Å². The number of aliphatic hydroxyl groups is 2. The quantitative estimate of drug-likeness (QED) is 0.242. The molecule has 0 bridgehead atoms. The second kappa shape index (κ2) is 9.12. The first kappa shape index (κ1) is 23.6. The molecule has 1 amide bonds. The Bertz CT molecular complexity index is 1250. The molecule has 3 N–H and O–H groups in total. The molecule has 182 valence electrons. The maximum Gasteiger partial charge on any atom is 0.389 e. The van der Waals surface area contributed by atoms with E-state index in [1.54, 1.807) is 11.3 Å². The standard InChI is InChI=1S/C25H25N3O6S/c1-13-18(23(25(32)34-33)28-22(13)20(14(2)30)24(28)31)11-27-26-21(16-6-4-3-5-7-16)17-9-8-15(12-29)10-19(17)35-27/h3-10,13-14,20,22,29-30,33H,11-12H2,1-2H3. The molecule has 1 fully saturated rings. The molecular weight excluding hydrogens is 470 g/mol. The highest BCUT2D eigenvalue weighted by Crippen LogP contribution is 2.48. The minimum absolute atomic E-state index is 0.00105. The van der Waals surface area contributed by atoms with Crippen molar-refractivity contribution in [2.24, 2.45) is 16.9 Å². The van der Waals surface area contributed by atoms with Crippen molar-refractivity contribution in [3.8, 4) is 0 Å². The van der Waals surface area contributed by atoms with Crippen molar-refractivity contribution in [2.75, 3.05) is 6.54 Å². The highest BCUT2D eigenvalue weighted by Gasteiger charge is 2.60. The van der Waals surface area contributed by atoms with Crippen LogP contribution in [0.5, 0.6) is 0 Å². The Hall–Kier alpha value is -3.18. The Morgan fingerprint density at radius 3 is 2.63 bits per heavy atom. The first-order valence-electron chi connectivity index (χ1n) is 11.3. The van der Waals surface area contributed by atoms with E-state index >= 15 is 0 Å². The summed E-state index contributed by atoms with van der Waals surface area (Å²) in [7, 11) is 0. The number of hydrazone groups is 1. The third-order valence-corrected chi connectivity index (χ3v) is 7.80. The number of carbonyl (C=O) groups excluding carboxylic acids is 2. The molecule has 0 radical (unpaired) electrons. The molecule has 1 saturated heterocycles. The van der Waals surface area contributed by atoms with Crippen molar-refractivity contribution >= 4 is 29.5 Å². The zero-order chi connectivity index (χ0) is 24.9. The summed E-state index contributed by atoms with van der Waals surface area (Å²) < 4.78 is 1.73. The van der Waals surface area contributed by atoms with Crippen LogP contribution in [-0.2, 0) is 21.1 Å². The smallest absolute Gasteiger partial charge is 0.389 e. The van der Waals surface area contributed by atoms with E-state index in [1.807, 2.05) is 55.5 Å². The third kappa shape index (κ3) is 3.82. The van der Waals surface area contributed by atoms with Gasteiger partial charge in [-0.3, -0.25) is 9.68 Å². The zero-order valence-corrected chi connectivity index (χ0v) is 20.0. The van der Waals surface area contributed by atoms with Crippen molar-refractivity contribution in [3.05, 3.63) is 76.5 Å². The molecule has 4 unspecified atom stereocenters. The molecule has 10 heteroatoms. The summed E-state index contributed by atoms with van der Waals surface area (Å²) in [5.74, 6) is -2.27. The van der Waals surface area contributed by atoms with Gasteiger partial charge in [0.1, 0.15) is 5.70 Å². The second-order valence-corrected chi connectivity index (χ2v) is 9.96. The minimum Gasteiger partial charge on any atom is -0.393 e. The molecule has 5 rings (SSSR count). The summed E-state index contributed by atoms with van der Waals surface area (Å²) >= 11 is 1.36. The fraction of sp³-hybridized carbons (Fsp3) is 0.320. The number of β-lactam (4-membered cyclic amide) rings is 1. The number of amides is 1. The predicted octanol–water partition coefficient (Wildman–Crippen LogP) is 2.38. The molecule has 3 aliphatic rings. The lowest BCUT2D eigenvalue weighted by Crippen LogP contribution is -2.63. The molecule has 2 aromatic rings. The van der Waals surface area contributed by atoms with E-state index in [9.17, 15) is 19.8 Å². The lowest BCUT2D eigenvalue weighted by atomic mass is 9.78. The number of rotatable bonds is 6. The van der Waals surface area contributed by atoms with Gasteiger partial charge in [-0.05, 0) is 24.1 Å². The summed E-state index contributed by atoms with van der Waals surface area (Å²) in [6, 6.07) is 15.0. The van der Waals surface area contributed by atoms with Gasteiger partial charge in [0, 0.05) is 33.9 Å². The van der Waals surface area contributed by atoms with Gasteiger partial charge in [-0.15, -0.1) is 0 Å². The summed E-state index contributed by atoms with van der Waals surface area (Å²) in [5.41, 5.74) is 3.93. The van der Waals surface area contributed by atoms with Crippen LogP contribution in [0.15, 0.2) is 69.8 Å². The van der Waals surface area contributed by atoms with Gasteiger partial charge < -0.3 is 15.1 Å². The van der Waals surface area contributed by atoms with Gasteiger partial charge in [0.15, 0.2) is 0 Å². The van der Waals surface area contributed by atoms with E-state index in [2.05, 4.69) is 4.89 Å². The molecule has 0 spiro atoms. The average molecular weight is 496 g/mol. The Morgan fingerprint density at radius 1 is 1.23 bits per heavy atom. The van der Waals surface area contributed by atoms with Crippen LogP contribution >= 0.6 is 11.9 Å². The SMILES string of the molecule is CC(O)C1C(=O)N2C(C(=O)OO)=C(CN3N=C(c4ccccc4)c4ccc(CO)cc4S3)C(C)C12. The highest BCUT2D eigenvalue weighted by atomic mass is 32.2. The van der Waals surface area contributed by atoms with Crippen LogP contribution in [0.25, 0.3) is 0 Å². The monoisotopic (exact) mass is 495 g/mol. The number of aliphatic hydroxyl groups excluding tert-OH is 2. The van der Waals surface area contributed by atoms with E-state index in [0.29, 0.717) is 5.57 Å². The van der Waals surface area contributed by atoms with E-state index in [1.165, 1.54) is 16.8 Å². The Labute approximate surface area is 206 Å². The number of nitrogens with zero attached hydrogens (tertiary/aromatic N) is 3. The summed E-state index contributed by atoms with van der Waals surface area (Å²) in [6.45, 7) is 3.53. The Morgan fingerprint density at radius 2 is 1.97 bits per heavy atom. The topological polar surface area (TPSA) is 123 Å². The molecule has 0 saturated carbocycles.